The van der Waals surface area contributed by atoms with Crippen LogP contribution in [0.3, 0.4) is 0 Å². The van der Waals surface area contributed by atoms with Crippen molar-refractivity contribution >= 4 is 5.91 Å². The number of nitrogens with zero attached hydrogens (tertiary/aromatic N) is 1. The predicted octanol–water partition coefficient (Wildman–Crippen LogP) is 6.09. The molecule has 2 aromatic carbocycles. The molecule has 32 heavy (non-hydrogen) atoms. The number of hydrogen-bond donors (Lipinski definition) is 1. The van der Waals surface area contributed by atoms with Crippen molar-refractivity contribution in [3.05, 3.63) is 108 Å². The van der Waals surface area contributed by atoms with Gasteiger partial charge in [0, 0.05) is 18.1 Å². The van der Waals surface area contributed by atoms with E-state index in [1.165, 1.54) is 5.56 Å². The Morgan fingerprint density at radius 1 is 1.00 bits per heavy atom. The molecule has 0 saturated carbocycles. The van der Waals surface area contributed by atoms with Crippen molar-refractivity contribution in [1.82, 2.24) is 9.88 Å². The molecular formula is C27H28N2O3. The van der Waals surface area contributed by atoms with Crippen LogP contribution in [-0.4, -0.2) is 10.5 Å². The molecule has 0 saturated heterocycles. The van der Waals surface area contributed by atoms with E-state index in [-0.39, 0.29) is 24.3 Å². The Morgan fingerprint density at radius 2 is 1.72 bits per heavy atom. The van der Waals surface area contributed by atoms with Gasteiger partial charge in [-0.3, -0.25) is 4.79 Å². The number of amides is 1. The van der Waals surface area contributed by atoms with Crippen LogP contribution in [0.25, 0.3) is 5.69 Å². The lowest BCUT2D eigenvalue weighted by atomic mass is 10.1. The Balaban J connectivity index is 1.31. The van der Waals surface area contributed by atoms with Crippen molar-refractivity contribution in [2.45, 2.75) is 39.3 Å². The van der Waals surface area contributed by atoms with E-state index in [1.54, 1.807) is 12.1 Å². The second kappa shape index (κ2) is 10.1. The van der Waals surface area contributed by atoms with Gasteiger partial charge in [-0.15, -0.1) is 0 Å². The quantitative estimate of drug-likeness (QED) is 0.351. The summed E-state index contributed by atoms with van der Waals surface area (Å²) in [5.74, 6) is 1.42. The van der Waals surface area contributed by atoms with E-state index in [9.17, 15) is 4.79 Å². The van der Waals surface area contributed by atoms with Crippen molar-refractivity contribution in [3.8, 4) is 11.4 Å². The van der Waals surface area contributed by atoms with Gasteiger partial charge in [-0.25, -0.2) is 0 Å². The van der Waals surface area contributed by atoms with E-state index in [0.29, 0.717) is 5.76 Å². The van der Waals surface area contributed by atoms with Gasteiger partial charge in [0.25, 0.3) is 5.91 Å². The number of hydrogen-bond acceptors (Lipinski definition) is 3. The average Bonchev–Trinajstić information content (AvgIpc) is 3.51. The molecule has 2 heterocycles. The molecule has 1 atom stereocenters. The highest BCUT2D eigenvalue weighted by atomic mass is 16.5. The maximum atomic E-state index is 12.6. The largest absolute Gasteiger partial charge is 0.486 e. The van der Waals surface area contributed by atoms with E-state index in [2.05, 4.69) is 24.4 Å². The number of benzene rings is 2. The van der Waals surface area contributed by atoms with Gasteiger partial charge < -0.3 is 19.0 Å². The molecule has 2 aromatic heterocycles. The lowest BCUT2D eigenvalue weighted by Crippen LogP contribution is -2.26. The summed E-state index contributed by atoms with van der Waals surface area (Å²) in [6, 6.07) is 23.5. The molecule has 0 aliphatic rings. The molecule has 0 fully saturated rings. The summed E-state index contributed by atoms with van der Waals surface area (Å²) < 4.78 is 13.5. The molecule has 0 bridgehead atoms. The van der Waals surface area contributed by atoms with Crippen molar-refractivity contribution in [2.24, 2.45) is 0 Å². The first-order chi connectivity index (χ1) is 15.6. The van der Waals surface area contributed by atoms with Crippen LogP contribution in [-0.2, 0) is 13.0 Å². The van der Waals surface area contributed by atoms with Crippen molar-refractivity contribution in [1.29, 1.82) is 0 Å². The highest BCUT2D eigenvalue weighted by Crippen LogP contribution is 2.19. The Hall–Kier alpha value is -3.73. The van der Waals surface area contributed by atoms with Gasteiger partial charge in [0.05, 0.1) is 6.04 Å². The monoisotopic (exact) mass is 428 g/mol. The molecule has 5 nitrogen and oxygen atoms in total. The predicted molar refractivity (Wildman–Crippen MR) is 125 cm³/mol. The fraction of sp³-hybridized carbons (Fsp3) is 0.222. The van der Waals surface area contributed by atoms with Crippen molar-refractivity contribution < 1.29 is 13.9 Å². The molecular weight excluding hydrogens is 400 g/mol. The SMILES string of the molecule is CCCc1ccc(OCc2ccc(C(=O)NC(C)c3ccc(-n4cccc4)cc3)o2)cc1. The topological polar surface area (TPSA) is 56.4 Å². The third-order valence-corrected chi connectivity index (χ3v) is 5.37. The van der Waals surface area contributed by atoms with Crippen LogP contribution < -0.4 is 10.1 Å². The first kappa shape index (κ1) is 21.5. The molecule has 0 radical (unpaired) electrons. The average molecular weight is 429 g/mol. The minimum absolute atomic E-state index is 0.146. The molecule has 0 aliphatic carbocycles. The van der Waals surface area contributed by atoms with Crippen LogP contribution in [0.5, 0.6) is 5.75 Å². The third-order valence-electron chi connectivity index (χ3n) is 5.37. The van der Waals surface area contributed by atoms with Gasteiger partial charge in [0.15, 0.2) is 5.76 Å². The number of nitrogens with one attached hydrogen (secondary N) is 1. The second-order valence-corrected chi connectivity index (χ2v) is 7.83. The number of ether oxygens (including phenoxy) is 1. The number of carbonyl (C=O) groups is 1. The van der Waals surface area contributed by atoms with E-state index >= 15 is 0 Å². The van der Waals surface area contributed by atoms with E-state index < -0.39 is 0 Å². The van der Waals surface area contributed by atoms with Gasteiger partial charge in [-0.1, -0.05) is 37.6 Å². The van der Waals surface area contributed by atoms with Gasteiger partial charge in [-0.2, -0.15) is 0 Å². The Labute approximate surface area is 188 Å². The highest BCUT2D eigenvalue weighted by Gasteiger charge is 2.15. The third kappa shape index (κ3) is 5.30. The zero-order chi connectivity index (χ0) is 22.3. The number of furan rings is 1. The minimum atomic E-state index is -0.248. The summed E-state index contributed by atoms with van der Waals surface area (Å²) in [7, 11) is 0. The smallest absolute Gasteiger partial charge is 0.287 e. The molecule has 1 amide bonds. The number of rotatable bonds is 9. The number of carbonyl (C=O) groups excluding carboxylic acids is 1. The second-order valence-electron chi connectivity index (χ2n) is 7.83. The molecule has 5 heteroatoms. The summed E-state index contributed by atoms with van der Waals surface area (Å²) in [6.07, 6.45) is 6.18. The Morgan fingerprint density at radius 3 is 2.41 bits per heavy atom. The van der Waals surface area contributed by atoms with E-state index in [0.717, 1.165) is 29.8 Å². The van der Waals surface area contributed by atoms with Gasteiger partial charge >= 0.3 is 0 Å². The summed E-state index contributed by atoms with van der Waals surface area (Å²) in [5.41, 5.74) is 3.40. The van der Waals surface area contributed by atoms with Crippen molar-refractivity contribution in [3.63, 3.8) is 0 Å². The Kier molecular flexibility index (Phi) is 6.75. The molecule has 0 aliphatic heterocycles. The van der Waals surface area contributed by atoms with Gasteiger partial charge in [0.2, 0.25) is 0 Å². The number of aromatic nitrogens is 1. The van der Waals surface area contributed by atoms with Crippen LogP contribution in [0.15, 0.2) is 89.6 Å². The van der Waals surface area contributed by atoms with Crippen LogP contribution in [0, 0.1) is 0 Å². The fourth-order valence-corrected chi connectivity index (χ4v) is 3.57. The summed E-state index contributed by atoms with van der Waals surface area (Å²) in [5, 5.41) is 2.99. The lowest BCUT2D eigenvalue weighted by Gasteiger charge is -2.14. The van der Waals surface area contributed by atoms with E-state index in [1.807, 2.05) is 72.4 Å². The molecule has 4 aromatic rings. The summed E-state index contributed by atoms with van der Waals surface area (Å²) in [4.78, 5) is 12.6. The van der Waals surface area contributed by atoms with E-state index in [4.69, 9.17) is 9.15 Å². The van der Waals surface area contributed by atoms with Crippen molar-refractivity contribution in [2.75, 3.05) is 0 Å². The number of aryl methyl sites for hydroxylation is 1. The van der Waals surface area contributed by atoms with Crippen LogP contribution >= 0.6 is 0 Å². The lowest BCUT2D eigenvalue weighted by molar-refractivity contribution is 0.0907. The molecule has 0 spiro atoms. The zero-order valence-electron chi connectivity index (χ0n) is 18.5. The normalized spacial score (nSPS) is 11.8. The van der Waals surface area contributed by atoms with Crippen LogP contribution in [0.4, 0.5) is 0 Å². The molecule has 164 valence electrons. The minimum Gasteiger partial charge on any atom is -0.486 e. The first-order valence-electron chi connectivity index (χ1n) is 11.0. The van der Waals surface area contributed by atoms with Gasteiger partial charge in [0.1, 0.15) is 18.1 Å². The standard InChI is InChI=1S/C27H28N2O3/c1-3-6-21-7-13-24(14-8-21)31-19-25-15-16-26(32-25)27(30)28-20(2)22-9-11-23(12-10-22)29-17-4-5-18-29/h4-5,7-18,20H,3,6,19H2,1-2H3,(H,28,30). The maximum absolute atomic E-state index is 12.6. The zero-order valence-corrected chi connectivity index (χ0v) is 18.5. The summed E-state index contributed by atoms with van der Waals surface area (Å²) in [6.45, 7) is 4.39. The van der Waals surface area contributed by atoms with Crippen LogP contribution in [0.2, 0.25) is 0 Å². The summed E-state index contributed by atoms with van der Waals surface area (Å²) >= 11 is 0. The van der Waals surface area contributed by atoms with Crippen LogP contribution in [0.1, 0.15) is 53.8 Å². The maximum Gasteiger partial charge on any atom is 0.287 e. The van der Waals surface area contributed by atoms with Gasteiger partial charge in [-0.05, 0) is 73.0 Å². The highest BCUT2D eigenvalue weighted by molar-refractivity contribution is 5.91. The fourth-order valence-electron chi connectivity index (χ4n) is 3.57. The molecule has 1 unspecified atom stereocenters. The first-order valence-corrected chi connectivity index (χ1v) is 11.0. The Bertz CT molecular complexity index is 1130. The molecule has 1 N–H and O–H groups in total. The molecule has 4 rings (SSSR count).